The minimum atomic E-state index is -0.755. The number of carbonyl (C=O) groups is 1. The number of hydrogen-bond donors (Lipinski definition) is 1. The molecule has 0 aromatic rings. The van der Waals surface area contributed by atoms with Gasteiger partial charge in [-0.05, 0) is 6.42 Å². The van der Waals surface area contributed by atoms with Crippen LogP contribution in [0.25, 0.3) is 0 Å². The number of ether oxygens (including phenoxy) is 1. The Bertz CT molecular complexity index is 238. The number of carbonyl (C=O) groups excluding carboxylic acids is 1. The van der Waals surface area contributed by atoms with Crippen molar-refractivity contribution in [3.8, 4) is 0 Å². The van der Waals surface area contributed by atoms with Crippen molar-refractivity contribution in [2.24, 2.45) is 5.73 Å². The first-order chi connectivity index (χ1) is 7.15. The highest BCUT2D eigenvalue weighted by molar-refractivity contribution is 7.85. The van der Waals surface area contributed by atoms with Crippen molar-refractivity contribution >= 4 is 16.7 Å². The molecule has 0 aromatic heterocycles. The van der Waals surface area contributed by atoms with Crippen LogP contribution >= 0.6 is 0 Å². The molecule has 5 nitrogen and oxygen atoms in total. The minimum absolute atomic E-state index is 0.0521. The molecule has 1 aliphatic heterocycles. The van der Waals surface area contributed by atoms with Crippen LogP contribution in [0.1, 0.15) is 6.42 Å². The van der Waals surface area contributed by atoms with E-state index >= 15 is 0 Å². The minimum Gasteiger partial charge on any atom is -0.385 e. The predicted octanol–water partition coefficient (Wildman–Crippen LogP) is -1.06. The quantitative estimate of drug-likeness (QED) is 0.673. The van der Waals surface area contributed by atoms with E-state index in [4.69, 9.17) is 10.5 Å². The average molecular weight is 234 g/mol. The normalized spacial score (nSPS) is 20.3. The third-order valence-corrected chi connectivity index (χ3v) is 3.72. The Balaban J connectivity index is 2.35. The van der Waals surface area contributed by atoms with Gasteiger partial charge in [0, 0.05) is 49.1 Å². The highest BCUT2D eigenvalue weighted by atomic mass is 32.2. The summed E-state index contributed by atoms with van der Waals surface area (Å²) in [6.45, 7) is 1.62. The molecule has 1 aliphatic rings. The Morgan fingerprint density at radius 2 is 2.13 bits per heavy atom. The van der Waals surface area contributed by atoms with Crippen LogP contribution in [-0.4, -0.2) is 59.4 Å². The van der Waals surface area contributed by atoms with Crippen LogP contribution in [-0.2, 0) is 20.3 Å². The summed E-state index contributed by atoms with van der Waals surface area (Å²) < 4.78 is 16.0. The summed E-state index contributed by atoms with van der Waals surface area (Å²) in [5.74, 6) is 1.09. The van der Waals surface area contributed by atoms with E-state index in [1.54, 1.807) is 12.0 Å². The molecule has 88 valence electrons. The van der Waals surface area contributed by atoms with Crippen molar-refractivity contribution in [2.75, 3.05) is 38.3 Å². The standard InChI is InChI=1S/C9H18N2O3S/c1-14-5-2-8(10)9(12)11-3-6-15(13)7-4-11/h8H,2-7,10H2,1H3. The van der Waals surface area contributed by atoms with Crippen LogP contribution < -0.4 is 5.73 Å². The van der Waals surface area contributed by atoms with Crippen molar-refractivity contribution < 1.29 is 13.7 Å². The van der Waals surface area contributed by atoms with Crippen molar-refractivity contribution in [1.82, 2.24) is 4.90 Å². The smallest absolute Gasteiger partial charge is 0.239 e. The summed E-state index contributed by atoms with van der Waals surface area (Å²) >= 11 is 0. The molecule has 1 saturated heterocycles. The first-order valence-corrected chi connectivity index (χ1v) is 6.52. The average Bonchev–Trinajstić information content (AvgIpc) is 2.26. The van der Waals surface area contributed by atoms with Crippen LogP contribution in [0.2, 0.25) is 0 Å². The number of hydrogen-bond acceptors (Lipinski definition) is 4. The van der Waals surface area contributed by atoms with E-state index in [9.17, 15) is 9.00 Å². The molecule has 1 fully saturated rings. The van der Waals surface area contributed by atoms with Gasteiger partial charge in [-0.25, -0.2) is 0 Å². The summed E-state index contributed by atoms with van der Waals surface area (Å²) in [7, 11) is 0.829. The monoisotopic (exact) mass is 234 g/mol. The van der Waals surface area contributed by atoms with Crippen LogP contribution in [0.15, 0.2) is 0 Å². The summed E-state index contributed by atoms with van der Waals surface area (Å²) in [5.41, 5.74) is 5.72. The Morgan fingerprint density at radius 1 is 1.53 bits per heavy atom. The van der Waals surface area contributed by atoms with E-state index in [2.05, 4.69) is 0 Å². The van der Waals surface area contributed by atoms with E-state index in [-0.39, 0.29) is 5.91 Å². The molecular formula is C9H18N2O3S. The lowest BCUT2D eigenvalue weighted by atomic mass is 10.2. The van der Waals surface area contributed by atoms with Gasteiger partial charge in [-0.3, -0.25) is 9.00 Å². The zero-order valence-electron chi connectivity index (χ0n) is 8.98. The predicted molar refractivity (Wildman–Crippen MR) is 58.9 cm³/mol. The van der Waals surface area contributed by atoms with Gasteiger partial charge in [0.25, 0.3) is 0 Å². The number of nitrogens with zero attached hydrogens (tertiary/aromatic N) is 1. The maximum absolute atomic E-state index is 11.8. The lowest BCUT2D eigenvalue weighted by Crippen LogP contribution is -2.49. The molecule has 2 N–H and O–H groups in total. The van der Waals surface area contributed by atoms with E-state index < -0.39 is 16.8 Å². The number of methoxy groups -OCH3 is 1. The molecule has 1 rings (SSSR count). The highest BCUT2D eigenvalue weighted by Gasteiger charge is 2.24. The lowest BCUT2D eigenvalue weighted by molar-refractivity contribution is -0.132. The molecule has 0 spiro atoms. The topological polar surface area (TPSA) is 72.6 Å². The molecule has 0 radical (unpaired) electrons. The molecule has 0 saturated carbocycles. The molecule has 1 heterocycles. The number of nitrogens with two attached hydrogens (primary N) is 1. The van der Waals surface area contributed by atoms with Gasteiger partial charge in [0.2, 0.25) is 5.91 Å². The second-order valence-electron chi connectivity index (χ2n) is 3.56. The summed E-state index contributed by atoms with van der Waals surface area (Å²) in [4.78, 5) is 13.5. The summed E-state index contributed by atoms with van der Waals surface area (Å²) in [6.07, 6.45) is 0.537. The van der Waals surface area contributed by atoms with Crippen molar-refractivity contribution in [3.63, 3.8) is 0 Å². The fraction of sp³-hybridized carbons (Fsp3) is 0.889. The largest absolute Gasteiger partial charge is 0.385 e. The van der Waals surface area contributed by atoms with Crippen LogP contribution in [0, 0.1) is 0 Å². The second kappa shape index (κ2) is 6.19. The SMILES string of the molecule is COCCC(N)C(=O)N1CCS(=O)CC1. The Hall–Kier alpha value is -0.460. The van der Waals surface area contributed by atoms with Gasteiger partial charge in [0.05, 0.1) is 6.04 Å². The summed E-state index contributed by atoms with van der Waals surface area (Å²) in [6, 6.07) is -0.489. The van der Waals surface area contributed by atoms with E-state index in [1.807, 2.05) is 0 Å². The Kier molecular flexibility index (Phi) is 5.21. The fourth-order valence-corrected chi connectivity index (χ4v) is 2.51. The maximum atomic E-state index is 11.8. The molecule has 15 heavy (non-hydrogen) atoms. The van der Waals surface area contributed by atoms with Crippen molar-refractivity contribution in [2.45, 2.75) is 12.5 Å². The van der Waals surface area contributed by atoms with Gasteiger partial charge in [-0.2, -0.15) is 0 Å². The molecule has 1 amide bonds. The molecule has 0 aromatic carbocycles. The Morgan fingerprint density at radius 3 is 2.67 bits per heavy atom. The van der Waals surface area contributed by atoms with E-state index in [0.717, 1.165) is 0 Å². The van der Waals surface area contributed by atoms with Gasteiger partial charge in [0.1, 0.15) is 0 Å². The van der Waals surface area contributed by atoms with Gasteiger partial charge < -0.3 is 15.4 Å². The zero-order valence-corrected chi connectivity index (χ0v) is 9.79. The third-order valence-electron chi connectivity index (χ3n) is 2.44. The first-order valence-electron chi connectivity index (χ1n) is 5.03. The number of amides is 1. The lowest BCUT2D eigenvalue weighted by Gasteiger charge is -2.28. The van der Waals surface area contributed by atoms with Crippen LogP contribution in [0.5, 0.6) is 0 Å². The molecule has 0 aliphatic carbocycles. The maximum Gasteiger partial charge on any atom is 0.239 e. The van der Waals surface area contributed by atoms with Gasteiger partial charge in [0.15, 0.2) is 0 Å². The van der Waals surface area contributed by atoms with E-state index in [1.165, 1.54) is 0 Å². The summed E-state index contributed by atoms with van der Waals surface area (Å²) in [5, 5.41) is 0. The molecular weight excluding hydrogens is 216 g/mol. The number of rotatable bonds is 4. The molecule has 0 bridgehead atoms. The second-order valence-corrected chi connectivity index (χ2v) is 5.26. The van der Waals surface area contributed by atoms with Gasteiger partial charge in [-0.15, -0.1) is 0 Å². The first kappa shape index (κ1) is 12.6. The van der Waals surface area contributed by atoms with E-state index in [0.29, 0.717) is 37.6 Å². The Labute approximate surface area is 92.4 Å². The van der Waals surface area contributed by atoms with Gasteiger partial charge >= 0.3 is 0 Å². The molecule has 1 unspecified atom stereocenters. The van der Waals surface area contributed by atoms with Crippen LogP contribution in [0.4, 0.5) is 0 Å². The van der Waals surface area contributed by atoms with Crippen LogP contribution in [0.3, 0.4) is 0 Å². The van der Waals surface area contributed by atoms with Gasteiger partial charge in [-0.1, -0.05) is 0 Å². The van der Waals surface area contributed by atoms with Crippen molar-refractivity contribution in [1.29, 1.82) is 0 Å². The zero-order chi connectivity index (χ0) is 11.3. The fourth-order valence-electron chi connectivity index (χ4n) is 1.46. The molecule has 6 heteroatoms. The van der Waals surface area contributed by atoms with Crippen molar-refractivity contribution in [3.05, 3.63) is 0 Å². The molecule has 1 atom stereocenters. The third kappa shape index (κ3) is 3.89. The highest BCUT2D eigenvalue weighted by Crippen LogP contribution is 2.03.